The Morgan fingerprint density at radius 2 is 2.08 bits per heavy atom. The molecule has 1 saturated heterocycles. The SMILES string of the molecule is COC(=O)C1CCN(c2ncnc(Nc3ccccn3)c2[N+](=O)[O-])CC1. The smallest absolute Gasteiger partial charge is 0.353 e. The van der Waals surface area contributed by atoms with Gasteiger partial charge in [0, 0.05) is 19.3 Å². The lowest BCUT2D eigenvalue weighted by Gasteiger charge is -2.31. The predicted octanol–water partition coefficient (Wildman–Crippen LogP) is 1.91. The summed E-state index contributed by atoms with van der Waals surface area (Å²) in [6.45, 7) is 0.946. The van der Waals surface area contributed by atoms with Crippen LogP contribution in [0.5, 0.6) is 0 Å². The Bertz CT molecular complexity index is 793. The summed E-state index contributed by atoms with van der Waals surface area (Å²) < 4.78 is 4.77. The topological polar surface area (TPSA) is 123 Å². The number of aromatic nitrogens is 3. The van der Waals surface area contributed by atoms with Crippen LogP contribution in [0.3, 0.4) is 0 Å². The highest BCUT2D eigenvalue weighted by atomic mass is 16.6. The molecule has 0 unspecified atom stereocenters. The summed E-state index contributed by atoms with van der Waals surface area (Å²) in [5, 5.41) is 14.5. The minimum absolute atomic E-state index is 0.0776. The van der Waals surface area contributed by atoms with Gasteiger partial charge < -0.3 is 15.0 Å². The summed E-state index contributed by atoms with van der Waals surface area (Å²) in [7, 11) is 1.36. The van der Waals surface area contributed by atoms with Gasteiger partial charge in [-0.1, -0.05) is 6.07 Å². The van der Waals surface area contributed by atoms with Crippen LogP contribution in [0, 0.1) is 16.0 Å². The summed E-state index contributed by atoms with van der Waals surface area (Å²) in [4.78, 5) is 36.8. The molecule has 0 spiro atoms. The normalized spacial score (nSPS) is 14.7. The van der Waals surface area contributed by atoms with E-state index in [4.69, 9.17) is 4.74 Å². The molecule has 0 amide bonds. The van der Waals surface area contributed by atoms with Crippen molar-refractivity contribution in [2.45, 2.75) is 12.8 Å². The maximum atomic E-state index is 11.7. The Morgan fingerprint density at radius 3 is 2.69 bits per heavy atom. The number of methoxy groups -OCH3 is 1. The summed E-state index contributed by atoms with van der Waals surface area (Å²) in [6, 6.07) is 5.20. The zero-order valence-electron chi connectivity index (χ0n) is 14.2. The third-order valence-electron chi connectivity index (χ3n) is 4.23. The van der Waals surface area contributed by atoms with E-state index in [0.717, 1.165) is 0 Å². The van der Waals surface area contributed by atoms with Crippen LogP contribution in [0.15, 0.2) is 30.7 Å². The molecule has 0 aliphatic carbocycles. The number of ether oxygens (including phenoxy) is 1. The first-order chi connectivity index (χ1) is 12.6. The van der Waals surface area contributed by atoms with Crippen molar-refractivity contribution in [3.05, 3.63) is 40.8 Å². The number of rotatable bonds is 5. The molecule has 0 bridgehead atoms. The first-order valence-electron chi connectivity index (χ1n) is 8.10. The quantitative estimate of drug-likeness (QED) is 0.485. The van der Waals surface area contributed by atoms with E-state index in [0.29, 0.717) is 31.7 Å². The van der Waals surface area contributed by atoms with Crippen LogP contribution in [0.25, 0.3) is 0 Å². The zero-order valence-corrected chi connectivity index (χ0v) is 14.2. The molecule has 0 aromatic carbocycles. The molecule has 136 valence electrons. The van der Waals surface area contributed by atoms with Crippen molar-refractivity contribution >= 4 is 29.1 Å². The third-order valence-corrected chi connectivity index (χ3v) is 4.23. The van der Waals surface area contributed by atoms with Gasteiger partial charge in [0.1, 0.15) is 12.1 Å². The molecular weight excluding hydrogens is 340 g/mol. The fraction of sp³-hybridized carbons (Fsp3) is 0.375. The van der Waals surface area contributed by atoms with E-state index in [-0.39, 0.29) is 29.2 Å². The molecule has 1 N–H and O–H groups in total. The van der Waals surface area contributed by atoms with Crippen molar-refractivity contribution in [1.29, 1.82) is 0 Å². The average molecular weight is 358 g/mol. The van der Waals surface area contributed by atoms with Crippen LogP contribution < -0.4 is 10.2 Å². The maximum Gasteiger partial charge on any atom is 0.353 e. The molecule has 1 fully saturated rings. The summed E-state index contributed by atoms with van der Waals surface area (Å²) in [5.41, 5.74) is -0.213. The monoisotopic (exact) mass is 358 g/mol. The van der Waals surface area contributed by atoms with Gasteiger partial charge in [0.25, 0.3) is 0 Å². The number of anilines is 3. The van der Waals surface area contributed by atoms with Gasteiger partial charge in [-0.05, 0) is 25.0 Å². The molecule has 2 aromatic heterocycles. The zero-order chi connectivity index (χ0) is 18.5. The van der Waals surface area contributed by atoms with Crippen LogP contribution in [-0.4, -0.2) is 46.0 Å². The van der Waals surface area contributed by atoms with Crippen LogP contribution >= 0.6 is 0 Å². The van der Waals surface area contributed by atoms with Crippen molar-refractivity contribution in [2.75, 3.05) is 30.4 Å². The van der Waals surface area contributed by atoms with Gasteiger partial charge in [-0.15, -0.1) is 0 Å². The number of carbonyl (C=O) groups excluding carboxylic acids is 1. The molecule has 0 saturated carbocycles. The fourth-order valence-corrected chi connectivity index (χ4v) is 2.91. The molecule has 1 aliphatic heterocycles. The van der Waals surface area contributed by atoms with Gasteiger partial charge in [0.15, 0.2) is 0 Å². The van der Waals surface area contributed by atoms with Gasteiger partial charge in [-0.25, -0.2) is 15.0 Å². The molecular formula is C16H18N6O4. The van der Waals surface area contributed by atoms with E-state index in [9.17, 15) is 14.9 Å². The van der Waals surface area contributed by atoms with Gasteiger partial charge in [-0.3, -0.25) is 14.9 Å². The molecule has 0 atom stereocenters. The Hall–Kier alpha value is -3.30. The predicted molar refractivity (Wildman–Crippen MR) is 93.2 cm³/mol. The lowest BCUT2D eigenvalue weighted by atomic mass is 9.97. The van der Waals surface area contributed by atoms with Crippen molar-refractivity contribution in [3.63, 3.8) is 0 Å². The Morgan fingerprint density at radius 1 is 1.31 bits per heavy atom. The second-order valence-corrected chi connectivity index (χ2v) is 5.78. The lowest BCUT2D eigenvalue weighted by molar-refractivity contribution is -0.383. The van der Waals surface area contributed by atoms with E-state index < -0.39 is 4.92 Å². The van der Waals surface area contributed by atoms with Gasteiger partial charge in [-0.2, -0.15) is 0 Å². The summed E-state index contributed by atoms with van der Waals surface area (Å²) in [5.74, 6) is 0.313. The molecule has 1 aliphatic rings. The molecule has 3 heterocycles. The number of hydrogen-bond donors (Lipinski definition) is 1. The van der Waals surface area contributed by atoms with Crippen molar-refractivity contribution in [1.82, 2.24) is 15.0 Å². The minimum atomic E-state index is -0.507. The number of pyridine rings is 1. The van der Waals surface area contributed by atoms with Crippen molar-refractivity contribution in [3.8, 4) is 0 Å². The second-order valence-electron chi connectivity index (χ2n) is 5.78. The Labute approximate surface area is 149 Å². The molecule has 10 heteroatoms. The number of nitro groups is 1. The molecule has 26 heavy (non-hydrogen) atoms. The van der Waals surface area contributed by atoms with Crippen LogP contribution in [0.1, 0.15) is 12.8 Å². The number of esters is 1. The minimum Gasteiger partial charge on any atom is -0.469 e. The van der Waals surface area contributed by atoms with Crippen LogP contribution in [0.2, 0.25) is 0 Å². The highest BCUT2D eigenvalue weighted by Gasteiger charge is 2.32. The maximum absolute atomic E-state index is 11.7. The first-order valence-corrected chi connectivity index (χ1v) is 8.10. The Kier molecular flexibility index (Phi) is 5.20. The largest absolute Gasteiger partial charge is 0.469 e. The summed E-state index contributed by atoms with van der Waals surface area (Å²) >= 11 is 0. The van der Waals surface area contributed by atoms with E-state index in [1.54, 1.807) is 29.3 Å². The van der Waals surface area contributed by atoms with Gasteiger partial charge in [0.05, 0.1) is 18.0 Å². The molecule has 2 aromatic rings. The van der Waals surface area contributed by atoms with E-state index in [1.165, 1.54) is 13.4 Å². The highest BCUT2D eigenvalue weighted by Crippen LogP contribution is 2.35. The average Bonchev–Trinajstić information content (AvgIpc) is 2.68. The Balaban J connectivity index is 1.85. The van der Waals surface area contributed by atoms with Crippen molar-refractivity contribution in [2.24, 2.45) is 5.92 Å². The first kappa shape index (κ1) is 17.5. The van der Waals surface area contributed by atoms with Gasteiger partial charge in [0.2, 0.25) is 11.6 Å². The number of carbonyl (C=O) groups is 1. The van der Waals surface area contributed by atoms with Crippen molar-refractivity contribution < 1.29 is 14.5 Å². The number of hydrogen-bond acceptors (Lipinski definition) is 9. The molecule has 3 rings (SSSR count). The number of piperidine rings is 1. The second kappa shape index (κ2) is 7.72. The number of nitrogens with zero attached hydrogens (tertiary/aromatic N) is 5. The summed E-state index contributed by atoms with van der Waals surface area (Å²) in [6.07, 6.45) is 3.96. The van der Waals surface area contributed by atoms with E-state index in [1.807, 2.05) is 0 Å². The number of nitrogens with one attached hydrogen (secondary N) is 1. The fourth-order valence-electron chi connectivity index (χ4n) is 2.91. The standard InChI is InChI=1S/C16H18N6O4/c1-26-16(23)11-5-8-21(9-6-11)15-13(22(24)25)14(18-10-19-15)20-12-4-2-3-7-17-12/h2-4,7,10-11H,5-6,8-9H2,1H3,(H,17,18,19,20). The molecule has 0 radical (unpaired) electrons. The van der Waals surface area contributed by atoms with Crippen LogP contribution in [-0.2, 0) is 9.53 Å². The lowest BCUT2D eigenvalue weighted by Crippen LogP contribution is -2.37. The molecule has 10 nitrogen and oxygen atoms in total. The third kappa shape index (κ3) is 3.68. The van der Waals surface area contributed by atoms with E-state index >= 15 is 0 Å². The van der Waals surface area contributed by atoms with E-state index in [2.05, 4.69) is 20.3 Å². The highest BCUT2D eigenvalue weighted by molar-refractivity contribution is 5.75. The van der Waals surface area contributed by atoms with Crippen LogP contribution in [0.4, 0.5) is 23.1 Å². The van der Waals surface area contributed by atoms with Gasteiger partial charge >= 0.3 is 11.7 Å².